The van der Waals surface area contributed by atoms with Gasteiger partial charge in [-0.25, -0.2) is 24.9 Å². The molecule has 27 rings (SSSR count). The summed E-state index contributed by atoms with van der Waals surface area (Å²) in [6.45, 7) is 0. The van der Waals surface area contributed by atoms with Crippen LogP contribution in [0.5, 0.6) is 0 Å². The molecule has 0 aliphatic carbocycles. The minimum absolute atomic E-state index is 0.646. The predicted molar refractivity (Wildman–Crippen MR) is 603 cm³/mol. The average Bonchev–Trinajstić information content (AvgIpc) is 0.743. The van der Waals surface area contributed by atoms with Crippen LogP contribution in [-0.4, -0.2) is 34.9 Å². The fraction of sp³-hybridized carbons (Fsp3) is 0. The monoisotopic (exact) mass is 1830 g/mol. The molecule has 144 heavy (non-hydrogen) atoms. The van der Waals surface area contributed by atoms with Crippen molar-refractivity contribution < 1.29 is 0 Å². The Morgan fingerprint density at radius 1 is 0.0972 bits per heavy atom. The maximum Gasteiger partial charge on any atom is 0.164 e. The zero-order chi connectivity index (χ0) is 95.6. The molecule has 0 unspecified atom stereocenters. The highest BCUT2D eigenvalue weighted by atomic mass is 15.0. The van der Waals surface area contributed by atoms with E-state index in [2.05, 4.69) is 453 Å². The summed E-state index contributed by atoms with van der Waals surface area (Å²) in [7, 11) is 0. The van der Waals surface area contributed by atoms with Crippen molar-refractivity contribution in [2.45, 2.75) is 0 Å². The van der Waals surface area contributed by atoms with E-state index < -0.39 is 0 Å². The number of benzene rings is 23. The van der Waals surface area contributed by atoms with Crippen LogP contribution in [0.25, 0.3) is 265 Å². The second kappa shape index (κ2) is 38.3. The van der Waals surface area contributed by atoms with Crippen LogP contribution >= 0.6 is 0 Å². The average molecular weight is 1830 g/mol. The summed E-state index contributed by atoms with van der Waals surface area (Å²) < 4.78 is 0. The first-order valence-corrected chi connectivity index (χ1v) is 48.8. The van der Waals surface area contributed by atoms with E-state index in [-0.39, 0.29) is 0 Å². The lowest BCUT2D eigenvalue weighted by Crippen LogP contribution is -2.01. The third-order valence-electron chi connectivity index (χ3n) is 27.9. The molecule has 0 bridgehead atoms. The van der Waals surface area contributed by atoms with Crippen molar-refractivity contribution >= 4 is 97.0 Å². The molecule has 672 valence electrons. The Morgan fingerprint density at radius 3 is 0.618 bits per heavy atom. The summed E-state index contributed by atoms with van der Waals surface area (Å²) >= 11 is 0. The number of hydrogen-bond donors (Lipinski definition) is 0. The lowest BCUT2D eigenvalue weighted by molar-refractivity contribution is 1.07. The molecule has 23 aromatic carbocycles. The van der Waals surface area contributed by atoms with Crippen molar-refractivity contribution in [3.05, 3.63) is 540 Å². The maximum absolute atomic E-state index is 5.14. The van der Waals surface area contributed by atoms with Crippen LogP contribution in [0.3, 0.4) is 0 Å². The van der Waals surface area contributed by atoms with Gasteiger partial charge < -0.3 is 0 Å². The highest BCUT2D eigenvalue weighted by molar-refractivity contribution is 6.28. The second-order valence-electron chi connectivity index (χ2n) is 36.4. The molecule has 27 aromatic rings. The van der Waals surface area contributed by atoms with E-state index in [9.17, 15) is 0 Å². The predicted octanol–water partition coefficient (Wildman–Crippen LogP) is 36.2. The number of pyridine rings is 2. The molecule has 0 N–H and O–H groups in total. The van der Waals surface area contributed by atoms with E-state index in [1.54, 1.807) is 0 Å². The van der Waals surface area contributed by atoms with E-state index in [4.69, 9.17) is 24.9 Å². The molecule has 0 atom stereocenters. The highest BCUT2D eigenvalue weighted by Crippen LogP contribution is 2.47. The number of aromatic nitrogens is 7. The molecule has 0 fully saturated rings. The van der Waals surface area contributed by atoms with Gasteiger partial charge in [0.15, 0.2) is 23.3 Å². The fourth-order valence-corrected chi connectivity index (χ4v) is 20.9. The number of nitrogens with zero attached hydrogens (tertiary/aromatic N) is 7. The van der Waals surface area contributed by atoms with Crippen molar-refractivity contribution in [3.8, 4) is 168 Å². The molecule has 0 saturated heterocycles. The minimum Gasteiger partial charge on any atom is -0.265 e. The molecule has 0 spiro atoms. The van der Waals surface area contributed by atoms with Crippen LogP contribution in [0, 0.1) is 0 Å². The Bertz CT molecular complexity index is 8420. The van der Waals surface area contributed by atoms with Crippen LogP contribution in [-0.2, 0) is 0 Å². The van der Waals surface area contributed by atoms with Gasteiger partial charge >= 0.3 is 0 Å². The van der Waals surface area contributed by atoms with Gasteiger partial charge in [-0.15, -0.1) is 0 Å². The molecule has 4 heterocycles. The summed E-state index contributed by atoms with van der Waals surface area (Å²) in [5.41, 5.74) is 28.6. The summed E-state index contributed by atoms with van der Waals surface area (Å²) in [6, 6.07) is 183. The lowest BCUT2D eigenvalue weighted by atomic mass is 9.88. The number of fused-ring (bicyclic) bond motifs is 18. The molecular weight excluding hydrogens is 1740 g/mol. The van der Waals surface area contributed by atoms with Gasteiger partial charge in [0.2, 0.25) is 0 Å². The van der Waals surface area contributed by atoms with Gasteiger partial charge in [0.1, 0.15) is 0 Å². The molecule has 7 nitrogen and oxygen atoms in total. The molecule has 4 aromatic heterocycles. The standard InChI is InChI=1S/2C46H30N2.C45H29N3/c1-3-14-31(15-4-1)44-30-45(32-16-5-2-6-17-32)48-46(47-44)42-25-12-7-20-36(42)35-19-13-18-33(28-35)34-26-27-41-39-23-9-8-21-37(39)38-22-10-11-24-40(38)43(41)29-34;1-2-11-40(38-28-36(31-18-22-47-23-19-31)27-37(29-38)32-20-24-48-25-21-32)39(10-1)35-9-7-8-33(26-35)34-16-17-45-43-14-4-3-12-41(43)42-13-5-6-15-44(42)46(45)30-34;1-3-14-30(15-4-1)43-46-44(31-16-5-2-6-17-31)48-45(47-43)41-25-12-7-20-35(41)34-19-13-18-32(28-34)33-26-27-40-38-23-9-8-21-36(38)37-22-10-11-24-39(37)42(40)29-33/h2*1-30H;1-29H. The summed E-state index contributed by atoms with van der Waals surface area (Å²) in [5.74, 6) is 2.66. The van der Waals surface area contributed by atoms with Gasteiger partial charge in [-0.05, 0) is 282 Å². The smallest absolute Gasteiger partial charge is 0.164 e. The van der Waals surface area contributed by atoms with Gasteiger partial charge in [0.25, 0.3) is 0 Å². The third-order valence-corrected chi connectivity index (χ3v) is 27.9. The maximum atomic E-state index is 5.14. The van der Waals surface area contributed by atoms with Crippen molar-refractivity contribution in [1.29, 1.82) is 0 Å². The van der Waals surface area contributed by atoms with Gasteiger partial charge in [-0.1, -0.05) is 431 Å². The molecule has 0 radical (unpaired) electrons. The first-order chi connectivity index (χ1) is 71.4. The van der Waals surface area contributed by atoms with Crippen molar-refractivity contribution in [2.24, 2.45) is 0 Å². The van der Waals surface area contributed by atoms with Gasteiger partial charge in [-0.3, -0.25) is 9.97 Å². The zero-order valence-corrected chi connectivity index (χ0v) is 78.5. The third kappa shape index (κ3) is 16.8. The van der Waals surface area contributed by atoms with Gasteiger partial charge in [0.05, 0.1) is 11.4 Å². The lowest BCUT2D eigenvalue weighted by Gasteiger charge is -2.15. The molecule has 0 amide bonds. The molecule has 7 heteroatoms. The fourth-order valence-electron chi connectivity index (χ4n) is 20.9. The Kier molecular flexibility index (Phi) is 23.0. The SMILES string of the molecule is c1cc(-c2ccc3c4ccccc4c4ccccc4c3c2)cc(-c2ccccc2-c2cc(-c3ccncc3)cc(-c3ccncc3)c2)c1.c1ccc(-c2cc(-c3ccccc3)nc(-c3ccccc3-c3cccc(-c4ccc5c6ccccc6c6ccccc6c5c4)c3)n2)cc1.c1ccc(-c2nc(-c3ccccc3)nc(-c3ccccc3-c3cccc(-c4ccc5c6ccccc6c6ccccc6c5c4)c3)n2)cc1. The Hall–Kier alpha value is -19.2. The topological polar surface area (TPSA) is 90.2 Å². The number of rotatable bonds is 15. The summed E-state index contributed by atoms with van der Waals surface area (Å²) in [5, 5.41) is 23.1. The van der Waals surface area contributed by atoms with E-state index in [1.165, 1.54) is 147 Å². The first-order valence-electron chi connectivity index (χ1n) is 48.8. The molecular formula is C137H89N7. The van der Waals surface area contributed by atoms with Crippen LogP contribution < -0.4 is 0 Å². The van der Waals surface area contributed by atoms with E-state index >= 15 is 0 Å². The minimum atomic E-state index is 0.646. The molecule has 0 aliphatic heterocycles. The van der Waals surface area contributed by atoms with Crippen LogP contribution in [0.2, 0.25) is 0 Å². The Morgan fingerprint density at radius 2 is 0.306 bits per heavy atom. The van der Waals surface area contributed by atoms with Gasteiger partial charge in [-0.2, -0.15) is 0 Å². The van der Waals surface area contributed by atoms with E-state index in [0.717, 1.165) is 94.8 Å². The second-order valence-corrected chi connectivity index (χ2v) is 36.4. The van der Waals surface area contributed by atoms with E-state index in [1.807, 2.05) is 97.6 Å². The number of hydrogen-bond acceptors (Lipinski definition) is 7. The quantitative estimate of drug-likeness (QED) is 0.0945. The van der Waals surface area contributed by atoms with Crippen LogP contribution in [0.1, 0.15) is 0 Å². The zero-order valence-electron chi connectivity index (χ0n) is 78.5. The Labute approximate surface area is 834 Å². The normalized spacial score (nSPS) is 11.3. The van der Waals surface area contributed by atoms with Gasteiger partial charge in [0, 0.05) is 58.2 Å². The van der Waals surface area contributed by atoms with Crippen molar-refractivity contribution in [1.82, 2.24) is 34.9 Å². The van der Waals surface area contributed by atoms with Crippen LogP contribution in [0.4, 0.5) is 0 Å². The largest absolute Gasteiger partial charge is 0.265 e. The summed E-state index contributed by atoms with van der Waals surface area (Å²) in [6.07, 6.45) is 7.41. The summed E-state index contributed by atoms with van der Waals surface area (Å²) in [4.78, 5) is 33.8. The van der Waals surface area contributed by atoms with E-state index in [0.29, 0.717) is 23.3 Å². The van der Waals surface area contributed by atoms with Crippen molar-refractivity contribution in [2.75, 3.05) is 0 Å². The Balaban J connectivity index is 0.000000113. The molecule has 0 aliphatic rings. The highest BCUT2D eigenvalue weighted by Gasteiger charge is 2.23. The molecule has 0 saturated carbocycles. The first kappa shape index (κ1) is 86.4. The van der Waals surface area contributed by atoms with Crippen LogP contribution in [0.15, 0.2) is 540 Å². The van der Waals surface area contributed by atoms with Crippen molar-refractivity contribution in [3.63, 3.8) is 0 Å².